The zero-order valence-corrected chi connectivity index (χ0v) is 15.7. The van der Waals surface area contributed by atoms with Crippen molar-refractivity contribution in [3.8, 4) is 0 Å². The van der Waals surface area contributed by atoms with Gasteiger partial charge in [0, 0.05) is 49.6 Å². The number of ether oxygens (including phenoxy) is 1. The first-order valence-electron chi connectivity index (χ1n) is 8.97. The molecule has 0 bridgehead atoms. The zero-order valence-electron chi connectivity index (χ0n) is 15.7. The monoisotopic (exact) mass is 344 g/mol. The van der Waals surface area contributed by atoms with Crippen LogP contribution in [0.4, 0.5) is 0 Å². The molecular formula is C19H28N4O2. The summed E-state index contributed by atoms with van der Waals surface area (Å²) in [6.07, 6.45) is 2.90. The Kier molecular flexibility index (Phi) is 4.99. The first-order chi connectivity index (χ1) is 11.9. The Hall–Kier alpha value is -2.08. The van der Waals surface area contributed by atoms with Gasteiger partial charge in [0.15, 0.2) is 0 Å². The van der Waals surface area contributed by atoms with E-state index in [-0.39, 0.29) is 24.0 Å². The van der Waals surface area contributed by atoms with Crippen LogP contribution >= 0.6 is 0 Å². The van der Waals surface area contributed by atoms with E-state index in [0.717, 1.165) is 24.4 Å². The normalized spacial score (nSPS) is 20.4. The van der Waals surface area contributed by atoms with Crippen LogP contribution in [-0.2, 0) is 11.8 Å². The Morgan fingerprint density at radius 2 is 2.20 bits per heavy atom. The van der Waals surface area contributed by atoms with Crippen molar-refractivity contribution in [1.29, 1.82) is 0 Å². The average Bonchev–Trinajstić information content (AvgIpc) is 3.26. The summed E-state index contributed by atoms with van der Waals surface area (Å²) in [5.74, 6) is 0.247. The van der Waals surface area contributed by atoms with Crippen LogP contribution in [0.5, 0.6) is 0 Å². The van der Waals surface area contributed by atoms with E-state index in [4.69, 9.17) is 4.74 Å². The van der Waals surface area contributed by atoms with Gasteiger partial charge in [-0.3, -0.25) is 9.48 Å². The number of aryl methyl sites for hydroxylation is 2. The minimum Gasteiger partial charge on any atom is -0.373 e. The number of carbonyl (C=O) groups is 1. The Morgan fingerprint density at radius 1 is 1.44 bits per heavy atom. The summed E-state index contributed by atoms with van der Waals surface area (Å²) in [5, 5.41) is 7.60. The van der Waals surface area contributed by atoms with Crippen molar-refractivity contribution in [3.63, 3.8) is 0 Å². The molecule has 2 aromatic heterocycles. The number of hydrogen-bond donors (Lipinski definition) is 1. The van der Waals surface area contributed by atoms with Crippen LogP contribution in [0, 0.1) is 19.8 Å². The number of amides is 1. The largest absolute Gasteiger partial charge is 0.373 e. The van der Waals surface area contributed by atoms with Crippen molar-refractivity contribution >= 4 is 5.91 Å². The van der Waals surface area contributed by atoms with E-state index in [1.54, 1.807) is 0 Å². The quantitative estimate of drug-likeness (QED) is 0.907. The molecule has 0 saturated carbocycles. The number of rotatable bonds is 5. The Bertz CT molecular complexity index is 760. The lowest BCUT2D eigenvalue weighted by atomic mass is 9.94. The van der Waals surface area contributed by atoms with E-state index in [9.17, 15) is 4.79 Å². The predicted molar refractivity (Wildman–Crippen MR) is 96.6 cm³/mol. The summed E-state index contributed by atoms with van der Waals surface area (Å²) in [7, 11) is 1.96. The van der Waals surface area contributed by atoms with Crippen molar-refractivity contribution in [2.45, 2.75) is 46.3 Å². The Balaban J connectivity index is 1.70. The summed E-state index contributed by atoms with van der Waals surface area (Å²) in [5.41, 5.74) is 4.02. The molecule has 1 amide bonds. The van der Waals surface area contributed by atoms with Crippen molar-refractivity contribution in [3.05, 3.63) is 41.0 Å². The lowest BCUT2D eigenvalue weighted by Crippen LogP contribution is -2.32. The molecule has 0 aromatic carbocycles. The molecule has 0 radical (unpaired) electrons. The molecule has 1 aliphatic rings. The minimum atomic E-state index is -0.0241. The topological polar surface area (TPSA) is 61.1 Å². The van der Waals surface area contributed by atoms with Crippen LogP contribution in [0.2, 0.25) is 0 Å². The van der Waals surface area contributed by atoms with E-state index >= 15 is 0 Å². The van der Waals surface area contributed by atoms with Crippen LogP contribution in [0.15, 0.2) is 18.3 Å². The summed E-state index contributed by atoms with van der Waals surface area (Å²) in [6, 6.07) is 4.05. The van der Waals surface area contributed by atoms with Crippen molar-refractivity contribution in [1.82, 2.24) is 19.7 Å². The molecule has 1 aliphatic heterocycles. The predicted octanol–water partition coefficient (Wildman–Crippen LogP) is 2.93. The van der Waals surface area contributed by atoms with Crippen molar-refractivity contribution in [2.24, 2.45) is 13.0 Å². The van der Waals surface area contributed by atoms with Crippen LogP contribution in [0.1, 0.15) is 59.9 Å². The van der Waals surface area contributed by atoms with E-state index in [1.165, 1.54) is 5.56 Å². The fraction of sp³-hybridized carbons (Fsp3) is 0.579. The Morgan fingerprint density at radius 3 is 2.84 bits per heavy atom. The molecule has 3 rings (SSSR count). The maximum atomic E-state index is 12.6. The van der Waals surface area contributed by atoms with Gasteiger partial charge in [0.1, 0.15) is 5.69 Å². The molecule has 6 heteroatoms. The van der Waals surface area contributed by atoms with E-state index in [0.29, 0.717) is 12.2 Å². The van der Waals surface area contributed by atoms with E-state index in [2.05, 4.69) is 31.2 Å². The molecule has 1 N–H and O–H groups in total. The molecule has 6 nitrogen and oxygen atoms in total. The van der Waals surface area contributed by atoms with Gasteiger partial charge in [-0.15, -0.1) is 0 Å². The van der Waals surface area contributed by atoms with Gasteiger partial charge >= 0.3 is 0 Å². The van der Waals surface area contributed by atoms with Gasteiger partial charge in [0.25, 0.3) is 5.91 Å². The van der Waals surface area contributed by atoms with E-state index < -0.39 is 0 Å². The molecule has 2 atom stereocenters. The Labute approximate surface area is 149 Å². The minimum absolute atomic E-state index is 0.00545. The number of aromatic nitrogens is 3. The van der Waals surface area contributed by atoms with Crippen molar-refractivity contribution in [2.75, 3.05) is 13.2 Å². The second-order valence-corrected chi connectivity index (χ2v) is 7.15. The third-order valence-corrected chi connectivity index (χ3v) is 5.16. The maximum absolute atomic E-state index is 12.6. The smallest absolute Gasteiger partial charge is 0.267 e. The average molecular weight is 344 g/mol. The third-order valence-electron chi connectivity index (χ3n) is 5.16. The number of nitrogens with zero attached hydrogens (tertiary/aromatic N) is 3. The molecule has 0 aliphatic carbocycles. The zero-order chi connectivity index (χ0) is 18.1. The van der Waals surface area contributed by atoms with Gasteiger partial charge in [0.05, 0.1) is 11.8 Å². The first kappa shape index (κ1) is 17.7. The van der Waals surface area contributed by atoms with E-state index in [1.807, 2.05) is 41.5 Å². The summed E-state index contributed by atoms with van der Waals surface area (Å²) in [6.45, 7) is 9.58. The lowest BCUT2D eigenvalue weighted by molar-refractivity contribution is 0.0835. The molecule has 0 spiro atoms. The van der Waals surface area contributed by atoms with Crippen molar-refractivity contribution < 1.29 is 9.53 Å². The van der Waals surface area contributed by atoms with Gasteiger partial charge in [-0.05, 0) is 46.2 Å². The highest BCUT2D eigenvalue weighted by Crippen LogP contribution is 2.37. The molecule has 1 saturated heterocycles. The number of carbonyl (C=O) groups excluding carboxylic acids is 1. The molecule has 1 fully saturated rings. The lowest BCUT2D eigenvalue weighted by Gasteiger charge is -2.20. The molecular weight excluding hydrogens is 316 g/mol. The number of hydrogen-bond acceptors (Lipinski definition) is 3. The molecule has 2 aromatic rings. The number of nitrogens with one attached hydrogen (secondary N) is 1. The summed E-state index contributed by atoms with van der Waals surface area (Å²) in [4.78, 5) is 12.6. The van der Waals surface area contributed by atoms with Gasteiger partial charge in [0.2, 0.25) is 0 Å². The highest BCUT2D eigenvalue weighted by Gasteiger charge is 2.33. The SMILES string of the molecule is Cc1nn(C)c(C)c1[C@@H]1OCC[C@H]1CNC(=O)c1cccn1C(C)C. The molecule has 136 valence electrons. The summed E-state index contributed by atoms with van der Waals surface area (Å²) >= 11 is 0. The second-order valence-electron chi connectivity index (χ2n) is 7.15. The van der Waals surface area contributed by atoms with Gasteiger partial charge in [-0.25, -0.2) is 0 Å². The third kappa shape index (κ3) is 3.35. The fourth-order valence-corrected chi connectivity index (χ4v) is 3.71. The van der Waals surface area contributed by atoms with Crippen LogP contribution in [-0.4, -0.2) is 33.4 Å². The van der Waals surface area contributed by atoms with Crippen LogP contribution in [0.25, 0.3) is 0 Å². The van der Waals surface area contributed by atoms with Crippen LogP contribution < -0.4 is 5.32 Å². The van der Waals surface area contributed by atoms with Gasteiger partial charge in [-0.1, -0.05) is 0 Å². The molecule has 0 unspecified atom stereocenters. The van der Waals surface area contributed by atoms with Gasteiger partial charge < -0.3 is 14.6 Å². The second kappa shape index (κ2) is 7.04. The molecule has 25 heavy (non-hydrogen) atoms. The fourth-order valence-electron chi connectivity index (χ4n) is 3.71. The molecule has 3 heterocycles. The highest BCUT2D eigenvalue weighted by atomic mass is 16.5. The maximum Gasteiger partial charge on any atom is 0.267 e. The van der Waals surface area contributed by atoms with Gasteiger partial charge in [-0.2, -0.15) is 5.10 Å². The highest BCUT2D eigenvalue weighted by molar-refractivity contribution is 5.92. The first-order valence-corrected chi connectivity index (χ1v) is 8.97. The standard InChI is InChI=1S/C19H28N4O2/c1-12(2)23-9-6-7-16(23)19(24)20-11-15-8-10-25-18(15)17-13(3)21-22(5)14(17)4/h6-7,9,12,15,18H,8,10-11H2,1-5H3,(H,20,24)/t15-,18+/m0/s1. The van der Waals surface area contributed by atoms with Crippen LogP contribution in [0.3, 0.4) is 0 Å². The summed E-state index contributed by atoms with van der Waals surface area (Å²) < 4.78 is 9.90.